The summed E-state index contributed by atoms with van der Waals surface area (Å²) in [7, 11) is 0. The van der Waals surface area contributed by atoms with Crippen LogP contribution in [-0.4, -0.2) is 5.78 Å². The number of thiophene rings is 1. The Labute approximate surface area is 87.2 Å². The number of carbonyl (C=O) groups excluding carboxylic acids is 1. The number of rotatable bonds is 2. The first-order valence-electron chi connectivity index (χ1n) is 4.85. The van der Waals surface area contributed by atoms with E-state index in [4.69, 9.17) is 5.26 Å². The molecule has 0 N–H and O–H groups in total. The molecule has 1 aromatic heterocycles. The Bertz CT molecular complexity index is 382. The molecule has 1 aliphatic rings. The number of nitrogens with zero attached hydrogens (tertiary/aromatic N) is 1. The first-order chi connectivity index (χ1) is 6.81. The normalized spacial score (nSPS) is 16.8. The van der Waals surface area contributed by atoms with Crippen molar-refractivity contribution in [3.8, 4) is 6.07 Å². The smallest absolute Gasteiger partial charge is 0.175 e. The Kier molecular flexibility index (Phi) is 2.64. The summed E-state index contributed by atoms with van der Waals surface area (Å²) in [4.78, 5) is 13.3. The summed E-state index contributed by atoms with van der Waals surface area (Å²) in [5.41, 5.74) is 0. The lowest BCUT2D eigenvalue weighted by molar-refractivity contribution is 0.0927. The molecule has 0 saturated heterocycles. The van der Waals surface area contributed by atoms with Crippen LogP contribution < -0.4 is 0 Å². The lowest BCUT2D eigenvalue weighted by Gasteiger charge is -2.04. The fourth-order valence-corrected chi connectivity index (χ4v) is 2.74. The van der Waals surface area contributed by atoms with Crippen LogP contribution in [0.1, 0.15) is 40.2 Å². The molecule has 3 heteroatoms. The minimum Gasteiger partial charge on any atom is -0.293 e. The second-order valence-corrected chi connectivity index (χ2v) is 4.71. The van der Waals surface area contributed by atoms with Crippen LogP contribution in [0.4, 0.5) is 0 Å². The van der Waals surface area contributed by atoms with Crippen LogP contribution in [0.3, 0.4) is 0 Å². The maximum atomic E-state index is 11.9. The molecule has 1 fully saturated rings. The third-order valence-corrected chi connectivity index (χ3v) is 3.69. The molecule has 1 aromatic rings. The van der Waals surface area contributed by atoms with E-state index in [9.17, 15) is 4.79 Å². The van der Waals surface area contributed by atoms with Gasteiger partial charge in [-0.2, -0.15) is 5.26 Å². The number of nitriles is 1. The van der Waals surface area contributed by atoms with Crippen LogP contribution in [-0.2, 0) is 0 Å². The van der Waals surface area contributed by atoms with E-state index >= 15 is 0 Å². The molecular weight excluding hydrogens is 194 g/mol. The van der Waals surface area contributed by atoms with E-state index < -0.39 is 0 Å². The maximum absolute atomic E-state index is 11.9. The Hall–Kier alpha value is -1.14. The van der Waals surface area contributed by atoms with Crippen LogP contribution in [0.25, 0.3) is 0 Å². The third-order valence-electron chi connectivity index (χ3n) is 2.69. The quantitative estimate of drug-likeness (QED) is 0.696. The summed E-state index contributed by atoms with van der Waals surface area (Å²) in [6, 6.07) is 5.57. The zero-order valence-corrected chi connectivity index (χ0v) is 8.64. The molecule has 0 aliphatic heterocycles. The maximum Gasteiger partial charge on any atom is 0.175 e. The molecule has 0 atom stereocenters. The van der Waals surface area contributed by atoms with Crippen LogP contribution in [0.2, 0.25) is 0 Å². The largest absolute Gasteiger partial charge is 0.293 e. The standard InChI is InChI=1S/C11H11NOS/c12-7-9-5-6-10(14-9)11(13)8-3-1-2-4-8/h5-6,8H,1-4H2. The van der Waals surface area contributed by atoms with Crippen LogP contribution in [0.15, 0.2) is 12.1 Å². The average Bonchev–Trinajstić information content (AvgIpc) is 2.88. The number of hydrogen-bond donors (Lipinski definition) is 0. The van der Waals surface area contributed by atoms with Gasteiger partial charge in [0, 0.05) is 5.92 Å². The topological polar surface area (TPSA) is 40.9 Å². The molecule has 0 aromatic carbocycles. The van der Waals surface area contributed by atoms with E-state index in [1.165, 1.54) is 24.2 Å². The van der Waals surface area contributed by atoms with Crippen LogP contribution in [0.5, 0.6) is 0 Å². The molecule has 0 bridgehead atoms. The average molecular weight is 205 g/mol. The van der Waals surface area contributed by atoms with Gasteiger partial charge in [0.25, 0.3) is 0 Å². The van der Waals surface area contributed by atoms with E-state index in [-0.39, 0.29) is 11.7 Å². The molecular formula is C11H11NOS. The van der Waals surface area contributed by atoms with Gasteiger partial charge in [0.1, 0.15) is 10.9 Å². The minimum atomic E-state index is 0.222. The Balaban J connectivity index is 2.14. The summed E-state index contributed by atoms with van der Waals surface area (Å²) in [5.74, 6) is 0.467. The van der Waals surface area contributed by atoms with Gasteiger partial charge in [-0.05, 0) is 25.0 Å². The highest BCUT2D eigenvalue weighted by atomic mass is 32.1. The molecule has 1 aliphatic carbocycles. The Morgan fingerprint density at radius 2 is 2.14 bits per heavy atom. The second kappa shape index (κ2) is 3.93. The molecule has 0 spiro atoms. The van der Waals surface area contributed by atoms with Crippen molar-refractivity contribution in [2.75, 3.05) is 0 Å². The zero-order valence-electron chi connectivity index (χ0n) is 7.82. The SMILES string of the molecule is N#Cc1ccc(C(=O)C2CCCC2)s1. The van der Waals surface area contributed by atoms with Crippen molar-refractivity contribution in [3.05, 3.63) is 21.9 Å². The zero-order chi connectivity index (χ0) is 9.97. The highest BCUT2D eigenvalue weighted by molar-refractivity contribution is 7.14. The number of ketones is 1. The molecule has 1 heterocycles. The lowest BCUT2D eigenvalue weighted by Crippen LogP contribution is -2.08. The van der Waals surface area contributed by atoms with Crippen molar-refractivity contribution in [2.24, 2.45) is 5.92 Å². The highest BCUT2D eigenvalue weighted by Crippen LogP contribution is 2.30. The molecule has 0 amide bonds. The fraction of sp³-hybridized carbons (Fsp3) is 0.455. The van der Waals surface area contributed by atoms with Crippen molar-refractivity contribution >= 4 is 17.1 Å². The molecule has 2 rings (SSSR count). The fourth-order valence-electron chi connectivity index (χ4n) is 1.92. The van der Waals surface area contributed by atoms with Gasteiger partial charge in [-0.3, -0.25) is 4.79 Å². The summed E-state index contributed by atoms with van der Waals surface area (Å²) < 4.78 is 0. The summed E-state index contributed by atoms with van der Waals surface area (Å²) >= 11 is 1.32. The number of carbonyl (C=O) groups is 1. The molecule has 0 radical (unpaired) electrons. The molecule has 14 heavy (non-hydrogen) atoms. The van der Waals surface area contributed by atoms with Gasteiger partial charge >= 0.3 is 0 Å². The van der Waals surface area contributed by atoms with Gasteiger partial charge in [0.15, 0.2) is 5.78 Å². The van der Waals surface area contributed by atoms with Crippen LogP contribution in [0, 0.1) is 17.2 Å². The van der Waals surface area contributed by atoms with Crippen molar-refractivity contribution in [1.82, 2.24) is 0 Å². The van der Waals surface area contributed by atoms with E-state index in [0.717, 1.165) is 17.7 Å². The first kappa shape index (κ1) is 9.42. The van der Waals surface area contributed by atoms with E-state index in [1.807, 2.05) is 0 Å². The monoisotopic (exact) mass is 205 g/mol. The Morgan fingerprint density at radius 1 is 1.43 bits per heavy atom. The van der Waals surface area contributed by atoms with Crippen LogP contribution >= 0.6 is 11.3 Å². The molecule has 2 nitrogen and oxygen atoms in total. The first-order valence-corrected chi connectivity index (χ1v) is 5.67. The van der Waals surface area contributed by atoms with Gasteiger partial charge in [-0.25, -0.2) is 0 Å². The van der Waals surface area contributed by atoms with E-state index in [0.29, 0.717) is 4.88 Å². The van der Waals surface area contributed by atoms with Crippen molar-refractivity contribution < 1.29 is 4.79 Å². The molecule has 1 saturated carbocycles. The van der Waals surface area contributed by atoms with Gasteiger partial charge in [0.2, 0.25) is 0 Å². The van der Waals surface area contributed by atoms with Crippen molar-refractivity contribution in [3.63, 3.8) is 0 Å². The lowest BCUT2D eigenvalue weighted by atomic mass is 10.0. The Morgan fingerprint density at radius 3 is 2.71 bits per heavy atom. The van der Waals surface area contributed by atoms with Crippen molar-refractivity contribution in [1.29, 1.82) is 5.26 Å². The van der Waals surface area contributed by atoms with E-state index in [2.05, 4.69) is 6.07 Å². The summed E-state index contributed by atoms with van der Waals surface area (Å²) in [6.45, 7) is 0. The van der Waals surface area contributed by atoms with Gasteiger partial charge in [-0.1, -0.05) is 12.8 Å². The minimum absolute atomic E-state index is 0.222. The molecule has 0 unspecified atom stereocenters. The van der Waals surface area contributed by atoms with E-state index in [1.54, 1.807) is 12.1 Å². The summed E-state index contributed by atoms with van der Waals surface area (Å²) in [5, 5.41) is 8.65. The number of Topliss-reactive ketones (excluding diaryl/α,β-unsaturated/α-hetero) is 1. The second-order valence-electron chi connectivity index (χ2n) is 3.62. The third kappa shape index (κ3) is 1.71. The molecule has 72 valence electrons. The predicted octanol–water partition coefficient (Wildman–Crippen LogP) is 2.99. The van der Waals surface area contributed by atoms with Gasteiger partial charge in [-0.15, -0.1) is 11.3 Å². The van der Waals surface area contributed by atoms with Gasteiger partial charge < -0.3 is 0 Å². The number of hydrogen-bond acceptors (Lipinski definition) is 3. The van der Waals surface area contributed by atoms with Gasteiger partial charge in [0.05, 0.1) is 4.88 Å². The van der Waals surface area contributed by atoms with Crippen molar-refractivity contribution in [2.45, 2.75) is 25.7 Å². The predicted molar refractivity (Wildman–Crippen MR) is 55.3 cm³/mol. The summed E-state index contributed by atoms with van der Waals surface area (Å²) in [6.07, 6.45) is 4.40. The highest BCUT2D eigenvalue weighted by Gasteiger charge is 2.24.